The smallest absolute Gasteiger partial charge is 0.247 e. The Bertz CT molecular complexity index is 1480. The van der Waals surface area contributed by atoms with Crippen molar-refractivity contribution in [2.75, 3.05) is 43.4 Å². The lowest BCUT2D eigenvalue weighted by Crippen LogP contribution is -2.45. The normalized spacial score (nSPS) is 14.6. The summed E-state index contributed by atoms with van der Waals surface area (Å²) in [6.07, 6.45) is 4.78. The molecule has 5 rings (SSSR count). The number of likely N-dealkylation sites (N-methyl/N-ethyl adjacent to an activating group) is 1. The van der Waals surface area contributed by atoms with E-state index in [1.807, 2.05) is 54.6 Å². The summed E-state index contributed by atoms with van der Waals surface area (Å²) in [6.45, 7) is 3.97. The van der Waals surface area contributed by atoms with Crippen LogP contribution in [-0.2, 0) is 16.0 Å². The summed E-state index contributed by atoms with van der Waals surface area (Å²) in [7, 11) is 2.13. The summed E-state index contributed by atoms with van der Waals surface area (Å²) in [6, 6.07) is 21.8. The summed E-state index contributed by atoms with van der Waals surface area (Å²) in [5.74, 6) is -0.728. The molecule has 0 saturated carbocycles. The highest BCUT2D eigenvalue weighted by molar-refractivity contribution is 6.30. The fourth-order valence-electron chi connectivity index (χ4n) is 4.63. The van der Waals surface area contributed by atoms with Gasteiger partial charge in [-0.2, -0.15) is 4.68 Å². The Kier molecular flexibility index (Phi) is 9.02. The predicted octanol–water partition coefficient (Wildman–Crippen LogP) is 3.45. The number of hydrogen-bond donors (Lipinski definition) is 2. The third-order valence-corrected chi connectivity index (χ3v) is 7.15. The van der Waals surface area contributed by atoms with Gasteiger partial charge in [-0.1, -0.05) is 41.9 Å². The summed E-state index contributed by atoms with van der Waals surface area (Å²) < 4.78 is 1.48. The van der Waals surface area contributed by atoms with Gasteiger partial charge in [0, 0.05) is 60.6 Å². The van der Waals surface area contributed by atoms with Crippen LogP contribution in [0.25, 0.3) is 11.8 Å². The molecule has 3 aromatic carbocycles. The Morgan fingerprint density at radius 3 is 2.46 bits per heavy atom. The van der Waals surface area contributed by atoms with Gasteiger partial charge in [-0.25, -0.2) is 0 Å². The second kappa shape index (κ2) is 13.2. The van der Waals surface area contributed by atoms with Gasteiger partial charge in [-0.15, -0.1) is 5.10 Å². The Morgan fingerprint density at radius 2 is 1.76 bits per heavy atom. The van der Waals surface area contributed by atoms with Crippen LogP contribution in [0.1, 0.15) is 11.1 Å². The predicted molar refractivity (Wildman–Crippen MR) is 160 cm³/mol. The topological polar surface area (TPSA) is 108 Å². The first kappa shape index (κ1) is 28.0. The highest BCUT2D eigenvalue weighted by atomic mass is 35.5. The molecule has 1 atom stereocenters. The van der Waals surface area contributed by atoms with E-state index < -0.39 is 11.9 Å². The molecule has 2 amide bonds. The quantitative estimate of drug-likeness (QED) is 0.297. The second-order valence-electron chi connectivity index (χ2n) is 9.87. The molecular formula is C30H31ClN8O2. The highest BCUT2D eigenvalue weighted by Gasteiger charge is 2.21. The minimum Gasteiger partial charge on any atom is -0.369 e. The molecule has 0 spiro atoms. The number of hydrogen-bond acceptors (Lipinski definition) is 7. The van der Waals surface area contributed by atoms with Gasteiger partial charge in [0.2, 0.25) is 11.8 Å². The number of aromatic nitrogens is 4. The third-order valence-electron chi connectivity index (χ3n) is 6.92. The molecule has 1 aromatic heterocycles. The number of rotatable bonds is 9. The van der Waals surface area contributed by atoms with Crippen molar-refractivity contribution in [1.82, 2.24) is 30.4 Å². The Labute approximate surface area is 243 Å². The maximum Gasteiger partial charge on any atom is 0.247 e. The lowest BCUT2D eigenvalue weighted by molar-refractivity contribution is -0.123. The first-order valence-electron chi connectivity index (χ1n) is 13.3. The van der Waals surface area contributed by atoms with Gasteiger partial charge in [0.25, 0.3) is 0 Å². The minimum atomic E-state index is -0.801. The molecular weight excluding hydrogens is 540 g/mol. The zero-order chi connectivity index (χ0) is 28.6. The zero-order valence-electron chi connectivity index (χ0n) is 22.7. The van der Waals surface area contributed by atoms with Crippen molar-refractivity contribution in [3.05, 3.63) is 101 Å². The molecule has 210 valence electrons. The number of nitrogens with one attached hydrogen (secondary N) is 2. The first-order valence-corrected chi connectivity index (χ1v) is 13.7. The van der Waals surface area contributed by atoms with Crippen LogP contribution in [0.4, 0.5) is 11.4 Å². The van der Waals surface area contributed by atoms with Gasteiger partial charge in [-0.05, 0) is 71.6 Å². The van der Waals surface area contributed by atoms with Gasteiger partial charge in [0.1, 0.15) is 12.4 Å². The van der Waals surface area contributed by atoms with Crippen LogP contribution in [0.2, 0.25) is 5.02 Å². The number of halogens is 1. The molecule has 1 aliphatic heterocycles. The van der Waals surface area contributed by atoms with Crippen molar-refractivity contribution >= 4 is 40.9 Å². The maximum atomic E-state index is 13.4. The molecule has 1 aliphatic rings. The molecule has 11 heteroatoms. The zero-order valence-corrected chi connectivity index (χ0v) is 23.4. The largest absolute Gasteiger partial charge is 0.369 e. The average molecular weight is 571 g/mol. The molecule has 0 aliphatic carbocycles. The van der Waals surface area contributed by atoms with Crippen LogP contribution in [0, 0.1) is 0 Å². The number of tetrazole rings is 1. The monoisotopic (exact) mass is 570 g/mol. The van der Waals surface area contributed by atoms with E-state index in [1.165, 1.54) is 17.1 Å². The number of carbonyl (C=O) groups excluding carboxylic acids is 2. The molecule has 1 saturated heterocycles. The third kappa shape index (κ3) is 7.56. The molecule has 10 nitrogen and oxygen atoms in total. The standard InChI is InChI=1S/C30H31ClN8O2/c1-37-15-17-38(18-16-37)26-11-9-25(10-12-26)33-30(41)27(19-22-5-3-2-4-6-22)34-29(40)14-7-23-20-24(31)8-13-28(23)39-21-32-35-36-39/h2-14,20-21,27H,15-19H2,1H3,(H,33,41)(H,34,40)/b14-7+/t27-/m0/s1. The Hall–Kier alpha value is -4.54. The summed E-state index contributed by atoms with van der Waals surface area (Å²) in [5, 5.41) is 17.6. The number of amides is 2. The second-order valence-corrected chi connectivity index (χ2v) is 10.3. The summed E-state index contributed by atoms with van der Waals surface area (Å²) in [4.78, 5) is 31.1. The maximum absolute atomic E-state index is 13.4. The van der Waals surface area contributed by atoms with Crippen LogP contribution in [-0.4, -0.2) is 76.2 Å². The molecule has 1 fully saturated rings. The van der Waals surface area contributed by atoms with E-state index in [2.05, 4.69) is 43.0 Å². The number of benzene rings is 3. The summed E-state index contributed by atoms with van der Waals surface area (Å²) >= 11 is 6.19. The van der Waals surface area contributed by atoms with Crippen LogP contribution in [0.3, 0.4) is 0 Å². The lowest BCUT2D eigenvalue weighted by atomic mass is 10.0. The molecule has 0 unspecified atom stereocenters. The molecule has 2 N–H and O–H groups in total. The fraction of sp³-hybridized carbons (Fsp3) is 0.233. The van der Waals surface area contributed by atoms with E-state index >= 15 is 0 Å². The Morgan fingerprint density at radius 1 is 1.00 bits per heavy atom. The van der Waals surface area contributed by atoms with Crippen LogP contribution < -0.4 is 15.5 Å². The highest BCUT2D eigenvalue weighted by Crippen LogP contribution is 2.21. The molecule has 4 aromatic rings. The minimum absolute atomic E-state index is 0.305. The van der Waals surface area contributed by atoms with Gasteiger partial charge in [0.05, 0.1) is 5.69 Å². The van der Waals surface area contributed by atoms with Gasteiger partial charge >= 0.3 is 0 Å². The number of piperazine rings is 1. The van der Waals surface area contributed by atoms with Crippen molar-refractivity contribution in [3.63, 3.8) is 0 Å². The van der Waals surface area contributed by atoms with Gasteiger partial charge < -0.3 is 20.4 Å². The molecule has 41 heavy (non-hydrogen) atoms. The SMILES string of the molecule is CN1CCN(c2ccc(NC(=O)[C@H](Cc3ccccc3)NC(=O)/C=C/c3cc(Cl)ccc3-n3cnnn3)cc2)CC1. The van der Waals surface area contributed by atoms with Crippen molar-refractivity contribution in [3.8, 4) is 5.69 Å². The van der Waals surface area contributed by atoms with Crippen molar-refractivity contribution in [2.45, 2.75) is 12.5 Å². The molecule has 2 heterocycles. The fourth-order valence-corrected chi connectivity index (χ4v) is 4.81. The number of anilines is 2. The number of nitrogens with zero attached hydrogens (tertiary/aromatic N) is 6. The van der Waals surface area contributed by atoms with Crippen LogP contribution >= 0.6 is 11.6 Å². The van der Waals surface area contributed by atoms with E-state index in [0.29, 0.717) is 28.4 Å². The van der Waals surface area contributed by atoms with E-state index in [9.17, 15) is 9.59 Å². The van der Waals surface area contributed by atoms with Crippen LogP contribution in [0.15, 0.2) is 85.2 Å². The van der Waals surface area contributed by atoms with E-state index in [0.717, 1.165) is 37.4 Å². The van der Waals surface area contributed by atoms with Crippen molar-refractivity contribution in [1.29, 1.82) is 0 Å². The summed E-state index contributed by atoms with van der Waals surface area (Å²) in [5.41, 5.74) is 4.02. The average Bonchev–Trinajstić information content (AvgIpc) is 3.52. The van der Waals surface area contributed by atoms with Crippen molar-refractivity contribution < 1.29 is 9.59 Å². The molecule has 0 radical (unpaired) electrons. The van der Waals surface area contributed by atoms with Crippen molar-refractivity contribution in [2.24, 2.45) is 0 Å². The van der Waals surface area contributed by atoms with E-state index in [1.54, 1.807) is 24.3 Å². The number of carbonyl (C=O) groups is 2. The van der Waals surface area contributed by atoms with Gasteiger partial charge in [-0.3, -0.25) is 9.59 Å². The first-order chi connectivity index (χ1) is 19.9. The lowest BCUT2D eigenvalue weighted by Gasteiger charge is -2.34. The van der Waals surface area contributed by atoms with E-state index in [4.69, 9.17) is 11.6 Å². The van der Waals surface area contributed by atoms with Crippen LogP contribution in [0.5, 0.6) is 0 Å². The Balaban J connectivity index is 1.28. The molecule has 0 bridgehead atoms. The van der Waals surface area contributed by atoms with Gasteiger partial charge in [0.15, 0.2) is 0 Å². The van der Waals surface area contributed by atoms with E-state index in [-0.39, 0.29) is 5.91 Å².